The Balaban J connectivity index is 1.34. The van der Waals surface area contributed by atoms with Crippen molar-refractivity contribution in [3.05, 3.63) is 40.8 Å². The van der Waals surface area contributed by atoms with Crippen molar-refractivity contribution in [3.63, 3.8) is 0 Å². The summed E-state index contributed by atoms with van der Waals surface area (Å²) < 4.78 is 6.18. The van der Waals surface area contributed by atoms with Gasteiger partial charge in [-0.25, -0.2) is 9.97 Å². The van der Waals surface area contributed by atoms with Crippen LogP contribution in [0, 0.1) is 0 Å². The average molecular weight is 316 g/mol. The summed E-state index contributed by atoms with van der Waals surface area (Å²) in [6.45, 7) is 3.92. The highest BCUT2D eigenvalue weighted by Crippen LogP contribution is 2.36. The van der Waals surface area contributed by atoms with Crippen LogP contribution in [0.5, 0.6) is 0 Å². The van der Waals surface area contributed by atoms with Crippen LogP contribution in [-0.4, -0.2) is 46.2 Å². The molecule has 0 aromatic carbocycles. The van der Waals surface area contributed by atoms with Crippen LogP contribution in [0.2, 0.25) is 0 Å². The summed E-state index contributed by atoms with van der Waals surface area (Å²) >= 11 is 1.77. The molecule has 0 bridgehead atoms. The lowest BCUT2D eigenvalue weighted by Gasteiger charge is -2.23. The van der Waals surface area contributed by atoms with Crippen LogP contribution < -0.4 is 5.32 Å². The van der Waals surface area contributed by atoms with Gasteiger partial charge in [0.25, 0.3) is 0 Å². The lowest BCUT2D eigenvalue weighted by Crippen LogP contribution is -2.33. The molecule has 6 heteroatoms. The highest BCUT2D eigenvalue weighted by Gasteiger charge is 2.45. The minimum Gasteiger partial charge on any atom is -0.371 e. The maximum Gasteiger partial charge on any atom is 0.222 e. The molecule has 0 aliphatic carbocycles. The minimum absolute atomic E-state index is 0.0163. The van der Waals surface area contributed by atoms with Gasteiger partial charge in [-0.1, -0.05) is 0 Å². The predicted molar refractivity (Wildman–Crippen MR) is 87.0 cm³/mol. The molecule has 0 amide bonds. The number of anilines is 1. The second-order valence-corrected chi connectivity index (χ2v) is 6.98. The molecule has 1 N–H and O–H groups in total. The molecule has 2 fully saturated rings. The fourth-order valence-corrected chi connectivity index (χ4v) is 4.14. The van der Waals surface area contributed by atoms with Crippen LogP contribution in [0.3, 0.4) is 0 Å². The predicted octanol–water partition coefficient (Wildman–Crippen LogP) is 2.38. The van der Waals surface area contributed by atoms with Crippen molar-refractivity contribution in [2.24, 2.45) is 0 Å². The maximum absolute atomic E-state index is 6.18. The van der Waals surface area contributed by atoms with Gasteiger partial charge in [-0.3, -0.25) is 4.90 Å². The summed E-state index contributed by atoms with van der Waals surface area (Å²) in [6.07, 6.45) is 5.68. The SMILES string of the molecule is c1cnc(N[C@@H]2CO[C@]3(CCN(Cc4ccsc4)C3)C2)nc1. The van der Waals surface area contributed by atoms with E-state index in [1.807, 2.05) is 6.07 Å². The maximum atomic E-state index is 6.18. The molecule has 2 aromatic heterocycles. The van der Waals surface area contributed by atoms with E-state index in [-0.39, 0.29) is 5.60 Å². The van der Waals surface area contributed by atoms with Crippen LogP contribution in [-0.2, 0) is 11.3 Å². The second-order valence-electron chi connectivity index (χ2n) is 6.20. The van der Waals surface area contributed by atoms with Gasteiger partial charge in [0.2, 0.25) is 5.95 Å². The Labute approximate surface area is 134 Å². The summed E-state index contributed by atoms with van der Waals surface area (Å²) in [4.78, 5) is 11.0. The molecule has 0 saturated carbocycles. The molecule has 0 radical (unpaired) electrons. The summed E-state index contributed by atoms with van der Waals surface area (Å²) in [5.41, 5.74) is 1.43. The van der Waals surface area contributed by atoms with Crippen LogP contribution in [0.15, 0.2) is 35.3 Å². The van der Waals surface area contributed by atoms with Crippen molar-refractivity contribution in [2.45, 2.75) is 31.0 Å². The second kappa shape index (κ2) is 5.95. The topological polar surface area (TPSA) is 50.3 Å². The lowest BCUT2D eigenvalue weighted by molar-refractivity contribution is 0.0120. The number of aromatic nitrogens is 2. The van der Waals surface area contributed by atoms with E-state index in [0.29, 0.717) is 12.0 Å². The molecule has 2 aliphatic heterocycles. The van der Waals surface area contributed by atoms with Crippen molar-refractivity contribution >= 4 is 17.3 Å². The van der Waals surface area contributed by atoms with Crippen LogP contribution in [0.1, 0.15) is 18.4 Å². The minimum atomic E-state index is 0.0163. The first-order valence-electron chi connectivity index (χ1n) is 7.72. The fourth-order valence-electron chi connectivity index (χ4n) is 3.48. The third kappa shape index (κ3) is 2.99. The van der Waals surface area contributed by atoms with Gasteiger partial charge in [0.1, 0.15) is 0 Å². The van der Waals surface area contributed by atoms with Gasteiger partial charge in [0.05, 0.1) is 18.2 Å². The molecular formula is C16H20N4OS. The van der Waals surface area contributed by atoms with E-state index in [1.54, 1.807) is 23.7 Å². The van der Waals surface area contributed by atoms with Gasteiger partial charge in [-0.2, -0.15) is 11.3 Å². The Morgan fingerprint density at radius 3 is 3.14 bits per heavy atom. The third-order valence-electron chi connectivity index (χ3n) is 4.49. The van der Waals surface area contributed by atoms with Crippen LogP contribution >= 0.6 is 11.3 Å². The Hall–Kier alpha value is -1.50. The zero-order valence-electron chi connectivity index (χ0n) is 12.4. The summed E-state index contributed by atoms with van der Waals surface area (Å²) in [6, 6.07) is 4.35. The molecule has 2 aliphatic rings. The Bertz CT molecular complexity index is 606. The lowest BCUT2D eigenvalue weighted by atomic mass is 9.97. The molecule has 1 spiro atoms. The Kier molecular flexibility index (Phi) is 3.82. The van der Waals surface area contributed by atoms with Gasteiger partial charge >= 0.3 is 0 Å². The summed E-state index contributed by atoms with van der Waals surface area (Å²) in [5, 5.41) is 7.77. The number of hydrogen-bond donors (Lipinski definition) is 1. The molecule has 0 unspecified atom stereocenters. The fraction of sp³-hybridized carbons (Fsp3) is 0.500. The van der Waals surface area contributed by atoms with Gasteiger partial charge in [0, 0.05) is 38.4 Å². The number of nitrogens with one attached hydrogen (secondary N) is 1. The largest absolute Gasteiger partial charge is 0.371 e. The number of hydrogen-bond acceptors (Lipinski definition) is 6. The van der Waals surface area contributed by atoms with E-state index in [9.17, 15) is 0 Å². The van der Waals surface area contributed by atoms with Crippen molar-refractivity contribution < 1.29 is 4.74 Å². The molecule has 2 aromatic rings. The first-order chi connectivity index (χ1) is 10.8. The van der Waals surface area contributed by atoms with Crippen molar-refractivity contribution in [1.29, 1.82) is 0 Å². The van der Waals surface area contributed by atoms with Crippen molar-refractivity contribution in [2.75, 3.05) is 25.0 Å². The van der Waals surface area contributed by atoms with E-state index < -0.39 is 0 Å². The molecule has 2 saturated heterocycles. The van der Waals surface area contributed by atoms with Gasteiger partial charge in [-0.05, 0) is 34.9 Å². The molecule has 2 atom stereocenters. The van der Waals surface area contributed by atoms with Gasteiger partial charge in [-0.15, -0.1) is 0 Å². The van der Waals surface area contributed by atoms with Gasteiger partial charge < -0.3 is 10.1 Å². The normalized spacial score (nSPS) is 28.5. The smallest absolute Gasteiger partial charge is 0.222 e. The first-order valence-corrected chi connectivity index (χ1v) is 8.67. The van der Waals surface area contributed by atoms with E-state index >= 15 is 0 Å². The molecule has 4 rings (SSSR count). The van der Waals surface area contributed by atoms with E-state index in [1.165, 1.54) is 5.56 Å². The number of thiophene rings is 1. The number of ether oxygens (including phenoxy) is 1. The van der Waals surface area contributed by atoms with E-state index in [4.69, 9.17) is 4.74 Å². The highest BCUT2D eigenvalue weighted by molar-refractivity contribution is 7.07. The number of likely N-dealkylation sites (tertiary alicyclic amines) is 1. The Morgan fingerprint density at radius 1 is 1.41 bits per heavy atom. The standard InChI is InChI=1S/C16H20N4OS/c1-4-17-15(18-5-1)19-14-8-16(21-10-14)3-6-20(12-16)9-13-2-7-22-11-13/h1-2,4-5,7,11,14H,3,6,8-10,12H2,(H,17,18,19)/t14-,16+/m0/s1. The zero-order chi connectivity index (χ0) is 14.8. The third-order valence-corrected chi connectivity index (χ3v) is 5.22. The van der Waals surface area contributed by atoms with E-state index in [0.717, 1.165) is 39.1 Å². The number of nitrogens with zero attached hydrogens (tertiary/aromatic N) is 3. The average Bonchev–Trinajstić information content (AvgIpc) is 3.25. The summed E-state index contributed by atoms with van der Waals surface area (Å²) in [5.74, 6) is 0.696. The first kappa shape index (κ1) is 14.1. The molecular weight excluding hydrogens is 296 g/mol. The van der Waals surface area contributed by atoms with Crippen molar-refractivity contribution in [3.8, 4) is 0 Å². The summed E-state index contributed by atoms with van der Waals surface area (Å²) in [7, 11) is 0. The quantitative estimate of drug-likeness (QED) is 0.938. The molecule has 22 heavy (non-hydrogen) atoms. The molecule has 116 valence electrons. The van der Waals surface area contributed by atoms with Crippen molar-refractivity contribution in [1.82, 2.24) is 14.9 Å². The molecule has 4 heterocycles. The highest BCUT2D eigenvalue weighted by atomic mass is 32.1. The molecule has 5 nitrogen and oxygen atoms in total. The Morgan fingerprint density at radius 2 is 2.32 bits per heavy atom. The zero-order valence-corrected chi connectivity index (χ0v) is 13.3. The van der Waals surface area contributed by atoms with Crippen LogP contribution in [0.25, 0.3) is 0 Å². The van der Waals surface area contributed by atoms with E-state index in [2.05, 4.69) is 37.0 Å². The number of rotatable bonds is 4. The monoisotopic (exact) mass is 316 g/mol. The van der Waals surface area contributed by atoms with Gasteiger partial charge in [0.15, 0.2) is 0 Å². The van der Waals surface area contributed by atoms with Crippen LogP contribution in [0.4, 0.5) is 5.95 Å².